The van der Waals surface area contributed by atoms with Crippen molar-refractivity contribution in [3.8, 4) is 11.5 Å². The molecule has 1 amide bonds. The SMILES string of the molecule is Nc1c(NNC(=O)c2ccc(Cl)cc2Cl)ncnc1N1CCN(Cc2ccc3c(c2)OCO3)CC1. The van der Waals surface area contributed by atoms with Gasteiger partial charge < -0.3 is 20.1 Å². The van der Waals surface area contributed by atoms with Crippen molar-refractivity contribution in [1.82, 2.24) is 20.3 Å². The van der Waals surface area contributed by atoms with E-state index in [-0.39, 0.29) is 17.4 Å². The average Bonchev–Trinajstić information content (AvgIpc) is 3.32. The zero-order valence-electron chi connectivity index (χ0n) is 18.6. The first-order chi connectivity index (χ1) is 17.0. The van der Waals surface area contributed by atoms with Crippen LogP contribution in [0, 0.1) is 0 Å². The van der Waals surface area contributed by atoms with E-state index in [1.807, 2.05) is 12.1 Å². The Morgan fingerprint density at radius 1 is 1.03 bits per heavy atom. The van der Waals surface area contributed by atoms with E-state index in [4.69, 9.17) is 38.4 Å². The van der Waals surface area contributed by atoms with E-state index in [2.05, 4.69) is 36.7 Å². The summed E-state index contributed by atoms with van der Waals surface area (Å²) < 4.78 is 10.9. The summed E-state index contributed by atoms with van der Waals surface area (Å²) in [5.74, 6) is 2.05. The minimum atomic E-state index is -0.441. The number of nitrogens with one attached hydrogen (secondary N) is 2. The van der Waals surface area contributed by atoms with E-state index >= 15 is 0 Å². The predicted molar refractivity (Wildman–Crippen MR) is 134 cm³/mol. The molecule has 182 valence electrons. The van der Waals surface area contributed by atoms with E-state index in [9.17, 15) is 4.79 Å². The molecule has 2 aromatic carbocycles. The third kappa shape index (κ3) is 5.14. The van der Waals surface area contributed by atoms with E-state index in [1.54, 1.807) is 12.1 Å². The summed E-state index contributed by atoms with van der Waals surface area (Å²) in [5, 5.41) is 0.687. The lowest BCUT2D eigenvalue weighted by atomic mass is 10.1. The molecule has 0 saturated carbocycles. The zero-order chi connectivity index (χ0) is 24.4. The minimum Gasteiger partial charge on any atom is -0.454 e. The van der Waals surface area contributed by atoms with Gasteiger partial charge in [0.25, 0.3) is 5.91 Å². The quantitative estimate of drug-likeness (QED) is 0.425. The molecule has 1 saturated heterocycles. The summed E-state index contributed by atoms with van der Waals surface area (Å²) in [6.07, 6.45) is 1.41. The number of nitrogen functional groups attached to an aromatic ring is 1. The van der Waals surface area contributed by atoms with Crippen molar-refractivity contribution >= 4 is 46.4 Å². The maximum absolute atomic E-state index is 12.5. The smallest absolute Gasteiger partial charge is 0.271 e. The molecule has 3 heterocycles. The number of aromatic nitrogens is 2. The van der Waals surface area contributed by atoms with Crippen LogP contribution in [0.15, 0.2) is 42.7 Å². The molecular formula is C23H23Cl2N7O3. The van der Waals surface area contributed by atoms with E-state index in [0.717, 1.165) is 44.2 Å². The standard InChI is InChI=1S/C23H23Cl2N7O3/c24-15-2-3-16(17(25)10-15)23(33)30-29-21-20(26)22(28-12-27-21)32-7-5-31(6-8-32)11-14-1-4-18-19(9-14)35-13-34-18/h1-4,9-10,12H,5-8,11,13,26H2,(H,30,33)(H,27,28,29). The van der Waals surface area contributed by atoms with Crippen LogP contribution >= 0.6 is 23.2 Å². The van der Waals surface area contributed by atoms with Gasteiger partial charge in [-0.1, -0.05) is 29.3 Å². The molecule has 0 unspecified atom stereocenters. The fraction of sp³-hybridized carbons (Fsp3) is 0.261. The normalized spacial score (nSPS) is 15.2. The molecule has 3 aromatic rings. The molecule has 0 radical (unpaired) electrons. The van der Waals surface area contributed by atoms with E-state index in [0.29, 0.717) is 22.3 Å². The Morgan fingerprint density at radius 3 is 2.63 bits per heavy atom. The number of nitrogens with zero attached hydrogens (tertiary/aromatic N) is 4. The van der Waals surface area contributed by atoms with Crippen LogP contribution in [0.4, 0.5) is 17.3 Å². The van der Waals surface area contributed by atoms with Crippen molar-refractivity contribution in [2.24, 2.45) is 0 Å². The van der Waals surface area contributed by atoms with Gasteiger partial charge in [-0.3, -0.25) is 20.5 Å². The van der Waals surface area contributed by atoms with Gasteiger partial charge in [-0.2, -0.15) is 0 Å². The number of benzene rings is 2. The number of hydrogen-bond acceptors (Lipinski definition) is 9. The molecule has 1 fully saturated rings. The highest BCUT2D eigenvalue weighted by atomic mass is 35.5. The number of piperazine rings is 1. The van der Waals surface area contributed by atoms with Crippen molar-refractivity contribution in [2.45, 2.75) is 6.54 Å². The fourth-order valence-corrected chi connectivity index (χ4v) is 4.50. The van der Waals surface area contributed by atoms with Gasteiger partial charge in [0.15, 0.2) is 23.1 Å². The van der Waals surface area contributed by atoms with Crippen LogP contribution in [0.25, 0.3) is 0 Å². The average molecular weight is 516 g/mol. The van der Waals surface area contributed by atoms with Gasteiger partial charge in [0.05, 0.1) is 10.6 Å². The summed E-state index contributed by atoms with van der Waals surface area (Å²) in [5.41, 5.74) is 13.5. The van der Waals surface area contributed by atoms with Crippen LogP contribution in [-0.4, -0.2) is 53.7 Å². The van der Waals surface area contributed by atoms with Gasteiger partial charge >= 0.3 is 0 Å². The van der Waals surface area contributed by atoms with Crippen LogP contribution < -0.4 is 31.0 Å². The number of carbonyl (C=O) groups excluding carboxylic acids is 1. The summed E-state index contributed by atoms with van der Waals surface area (Å²) in [7, 11) is 0. The van der Waals surface area contributed by atoms with Crippen molar-refractivity contribution in [1.29, 1.82) is 0 Å². The molecule has 0 bridgehead atoms. The van der Waals surface area contributed by atoms with Gasteiger partial charge in [0, 0.05) is 37.7 Å². The van der Waals surface area contributed by atoms with Gasteiger partial charge in [-0.05, 0) is 35.9 Å². The number of rotatable bonds is 6. The summed E-state index contributed by atoms with van der Waals surface area (Å²) in [4.78, 5) is 25.5. The molecule has 2 aliphatic rings. The second-order valence-corrected chi connectivity index (χ2v) is 8.96. The maximum atomic E-state index is 12.5. The third-order valence-electron chi connectivity index (χ3n) is 5.85. The number of hydrogen-bond donors (Lipinski definition) is 3. The van der Waals surface area contributed by atoms with Gasteiger partial charge in [0.1, 0.15) is 12.0 Å². The minimum absolute atomic E-state index is 0.242. The van der Waals surface area contributed by atoms with Crippen LogP contribution in [0.3, 0.4) is 0 Å². The molecule has 2 aliphatic heterocycles. The number of halogens is 2. The topological polar surface area (TPSA) is 118 Å². The molecule has 35 heavy (non-hydrogen) atoms. The molecule has 0 spiro atoms. The lowest BCUT2D eigenvalue weighted by Gasteiger charge is -2.36. The van der Waals surface area contributed by atoms with E-state index in [1.165, 1.54) is 18.0 Å². The van der Waals surface area contributed by atoms with Crippen molar-refractivity contribution < 1.29 is 14.3 Å². The van der Waals surface area contributed by atoms with Crippen LogP contribution in [0.2, 0.25) is 10.0 Å². The number of carbonyl (C=O) groups is 1. The largest absolute Gasteiger partial charge is 0.454 e. The fourth-order valence-electron chi connectivity index (χ4n) is 4.01. The number of nitrogens with two attached hydrogens (primary N) is 1. The first-order valence-electron chi connectivity index (χ1n) is 11.0. The number of amides is 1. The predicted octanol–water partition coefficient (Wildman–Crippen LogP) is 3.17. The molecule has 5 rings (SSSR count). The number of ether oxygens (including phenoxy) is 2. The summed E-state index contributed by atoms with van der Waals surface area (Å²) in [6.45, 7) is 4.26. The molecule has 12 heteroatoms. The first-order valence-corrected chi connectivity index (χ1v) is 11.7. The molecule has 10 nitrogen and oxygen atoms in total. The van der Waals surface area contributed by atoms with Crippen LogP contribution in [0.5, 0.6) is 11.5 Å². The van der Waals surface area contributed by atoms with Crippen molar-refractivity contribution in [2.75, 3.05) is 49.0 Å². The lowest BCUT2D eigenvalue weighted by molar-refractivity contribution is 0.0962. The number of fused-ring (bicyclic) bond motifs is 1. The van der Waals surface area contributed by atoms with Gasteiger partial charge in [-0.15, -0.1) is 0 Å². The number of hydrazine groups is 1. The second kappa shape index (κ2) is 10.0. The Labute approximate surface area is 211 Å². The lowest BCUT2D eigenvalue weighted by Crippen LogP contribution is -2.46. The van der Waals surface area contributed by atoms with Gasteiger partial charge in [0.2, 0.25) is 6.79 Å². The Balaban J connectivity index is 1.18. The van der Waals surface area contributed by atoms with Crippen LogP contribution in [0.1, 0.15) is 15.9 Å². The summed E-state index contributed by atoms with van der Waals surface area (Å²) in [6, 6.07) is 10.7. The second-order valence-electron chi connectivity index (χ2n) is 8.11. The zero-order valence-corrected chi connectivity index (χ0v) is 20.1. The maximum Gasteiger partial charge on any atom is 0.271 e. The van der Waals surface area contributed by atoms with E-state index < -0.39 is 5.91 Å². The highest BCUT2D eigenvalue weighted by molar-refractivity contribution is 6.36. The Hall–Kier alpha value is -3.47. The highest BCUT2D eigenvalue weighted by Crippen LogP contribution is 2.33. The Morgan fingerprint density at radius 2 is 1.83 bits per heavy atom. The molecule has 0 atom stereocenters. The monoisotopic (exact) mass is 515 g/mol. The first kappa shape index (κ1) is 23.3. The Kier molecular flexibility index (Phi) is 6.67. The molecule has 0 aliphatic carbocycles. The highest BCUT2D eigenvalue weighted by Gasteiger charge is 2.22. The molecular weight excluding hydrogens is 493 g/mol. The van der Waals surface area contributed by atoms with Gasteiger partial charge in [-0.25, -0.2) is 9.97 Å². The van der Waals surface area contributed by atoms with Crippen molar-refractivity contribution in [3.05, 3.63) is 63.9 Å². The summed E-state index contributed by atoms with van der Waals surface area (Å²) >= 11 is 12.0. The Bertz CT molecular complexity index is 1250. The third-order valence-corrected chi connectivity index (χ3v) is 6.40. The van der Waals surface area contributed by atoms with Crippen molar-refractivity contribution in [3.63, 3.8) is 0 Å². The van der Waals surface area contributed by atoms with Crippen LogP contribution in [-0.2, 0) is 6.54 Å². The molecule has 1 aromatic heterocycles. The number of anilines is 3. The molecule has 4 N–H and O–H groups in total.